The van der Waals surface area contributed by atoms with Gasteiger partial charge in [-0.2, -0.15) is 10.1 Å². The molecule has 0 radical (unpaired) electrons. The summed E-state index contributed by atoms with van der Waals surface area (Å²) in [5, 5.41) is 14.9. The Kier molecular flexibility index (Phi) is 7.65. The van der Waals surface area contributed by atoms with E-state index in [-0.39, 0.29) is 0 Å². The number of hydrogen-bond donors (Lipinski definition) is 3. The SMILES string of the molecule is c1ccc(-c2n[nH]cc2CN2CCCCC2CNc2nc3c(c(N4CCCCCC4)n2)CNCC3)cc1. The van der Waals surface area contributed by atoms with Crippen LogP contribution in [0, 0.1) is 0 Å². The van der Waals surface area contributed by atoms with Crippen molar-refractivity contribution in [1.82, 2.24) is 30.4 Å². The van der Waals surface area contributed by atoms with E-state index in [9.17, 15) is 0 Å². The molecule has 1 atom stereocenters. The lowest BCUT2D eigenvalue weighted by atomic mass is 10.0. The van der Waals surface area contributed by atoms with E-state index in [1.165, 1.54) is 67.3 Å². The molecule has 0 aliphatic carbocycles. The van der Waals surface area contributed by atoms with E-state index < -0.39 is 0 Å². The molecule has 1 unspecified atom stereocenters. The van der Waals surface area contributed by atoms with Gasteiger partial charge in [-0.05, 0) is 32.2 Å². The van der Waals surface area contributed by atoms with Crippen LogP contribution in [-0.4, -0.2) is 63.8 Å². The zero-order chi connectivity index (χ0) is 24.9. The predicted octanol–water partition coefficient (Wildman–Crippen LogP) is 4.36. The molecule has 2 aromatic heterocycles. The maximum Gasteiger partial charge on any atom is 0.224 e. The minimum absolute atomic E-state index is 0.454. The molecule has 2 fully saturated rings. The van der Waals surface area contributed by atoms with Gasteiger partial charge in [0.25, 0.3) is 0 Å². The third-order valence-corrected chi connectivity index (χ3v) is 8.20. The predicted molar refractivity (Wildman–Crippen MR) is 149 cm³/mol. The molecule has 3 aromatic rings. The average Bonchev–Trinajstić information content (AvgIpc) is 3.24. The molecule has 8 nitrogen and oxygen atoms in total. The normalized spacial score (nSPS) is 20.9. The summed E-state index contributed by atoms with van der Waals surface area (Å²) < 4.78 is 0. The van der Waals surface area contributed by atoms with Crippen LogP contribution in [0.4, 0.5) is 11.8 Å². The van der Waals surface area contributed by atoms with Gasteiger partial charge in [0.1, 0.15) is 5.82 Å². The minimum atomic E-state index is 0.454. The fourth-order valence-electron chi connectivity index (χ4n) is 6.16. The van der Waals surface area contributed by atoms with Gasteiger partial charge in [0.05, 0.1) is 11.4 Å². The molecule has 3 aliphatic heterocycles. The van der Waals surface area contributed by atoms with E-state index in [0.29, 0.717) is 6.04 Å². The first kappa shape index (κ1) is 24.4. The summed E-state index contributed by atoms with van der Waals surface area (Å²) >= 11 is 0. The Morgan fingerprint density at radius 2 is 1.78 bits per heavy atom. The Bertz CT molecular complexity index is 1150. The smallest absolute Gasteiger partial charge is 0.224 e. The summed E-state index contributed by atoms with van der Waals surface area (Å²) in [6.07, 6.45) is 11.9. The van der Waals surface area contributed by atoms with Gasteiger partial charge >= 0.3 is 0 Å². The quantitative estimate of drug-likeness (QED) is 0.444. The summed E-state index contributed by atoms with van der Waals surface area (Å²) in [6, 6.07) is 10.9. The summed E-state index contributed by atoms with van der Waals surface area (Å²) in [5.41, 5.74) is 6.03. The number of likely N-dealkylation sites (tertiary alicyclic amines) is 1. The molecule has 0 saturated carbocycles. The highest BCUT2D eigenvalue weighted by molar-refractivity contribution is 5.62. The molecule has 196 valence electrons. The van der Waals surface area contributed by atoms with Gasteiger partial charge in [0.15, 0.2) is 0 Å². The van der Waals surface area contributed by atoms with Crippen LogP contribution in [0.3, 0.4) is 0 Å². The molecule has 6 rings (SSSR count). The Morgan fingerprint density at radius 1 is 0.946 bits per heavy atom. The van der Waals surface area contributed by atoms with Gasteiger partial charge in [-0.3, -0.25) is 10.00 Å². The Hall–Kier alpha value is -2.97. The molecular formula is C29H40N8. The minimum Gasteiger partial charge on any atom is -0.356 e. The van der Waals surface area contributed by atoms with E-state index in [4.69, 9.17) is 9.97 Å². The first-order chi connectivity index (χ1) is 18.3. The first-order valence-electron chi connectivity index (χ1n) is 14.3. The number of anilines is 2. The second-order valence-corrected chi connectivity index (χ2v) is 10.8. The molecule has 37 heavy (non-hydrogen) atoms. The molecule has 5 heterocycles. The topological polar surface area (TPSA) is 85.0 Å². The number of fused-ring (bicyclic) bond motifs is 1. The van der Waals surface area contributed by atoms with Crippen molar-refractivity contribution in [3.8, 4) is 11.3 Å². The lowest BCUT2D eigenvalue weighted by Gasteiger charge is -2.36. The lowest BCUT2D eigenvalue weighted by molar-refractivity contribution is 0.148. The molecule has 3 N–H and O–H groups in total. The fourth-order valence-corrected chi connectivity index (χ4v) is 6.16. The van der Waals surface area contributed by atoms with Gasteiger partial charge in [0.2, 0.25) is 5.95 Å². The zero-order valence-electron chi connectivity index (χ0n) is 21.9. The molecule has 0 spiro atoms. The van der Waals surface area contributed by atoms with E-state index in [1.807, 2.05) is 0 Å². The van der Waals surface area contributed by atoms with Crippen molar-refractivity contribution < 1.29 is 0 Å². The fraction of sp³-hybridized carbons (Fsp3) is 0.552. The summed E-state index contributed by atoms with van der Waals surface area (Å²) in [5.74, 6) is 1.96. The van der Waals surface area contributed by atoms with Crippen LogP contribution >= 0.6 is 0 Å². The highest BCUT2D eigenvalue weighted by Crippen LogP contribution is 2.29. The Morgan fingerprint density at radius 3 is 2.65 bits per heavy atom. The van der Waals surface area contributed by atoms with Crippen molar-refractivity contribution >= 4 is 11.8 Å². The second-order valence-electron chi connectivity index (χ2n) is 10.8. The largest absolute Gasteiger partial charge is 0.356 e. The van der Waals surface area contributed by atoms with Gasteiger partial charge in [-0.1, -0.05) is 49.6 Å². The number of hydrogen-bond acceptors (Lipinski definition) is 7. The van der Waals surface area contributed by atoms with Crippen molar-refractivity contribution in [2.45, 2.75) is 70.5 Å². The number of nitrogens with zero attached hydrogens (tertiary/aromatic N) is 5. The van der Waals surface area contributed by atoms with Gasteiger partial charge in [0, 0.05) is 74.6 Å². The monoisotopic (exact) mass is 500 g/mol. The molecule has 0 amide bonds. The van der Waals surface area contributed by atoms with Crippen LogP contribution < -0.4 is 15.5 Å². The van der Waals surface area contributed by atoms with E-state index in [2.05, 4.69) is 67.2 Å². The number of benzene rings is 1. The van der Waals surface area contributed by atoms with Crippen molar-refractivity contribution in [3.63, 3.8) is 0 Å². The molecule has 1 aromatic carbocycles. The Balaban J connectivity index is 1.18. The van der Waals surface area contributed by atoms with Crippen LogP contribution in [0.15, 0.2) is 36.5 Å². The lowest BCUT2D eigenvalue weighted by Crippen LogP contribution is -2.43. The highest BCUT2D eigenvalue weighted by atomic mass is 15.3. The van der Waals surface area contributed by atoms with Gasteiger partial charge in [-0.15, -0.1) is 0 Å². The molecule has 3 aliphatic rings. The molecule has 2 saturated heterocycles. The van der Waals surface area contributed by atoms with E-state index in [1.54, 1.807) is 0 Å². The molecular weight excluding hydrogens is 460 g/mol. The second kappa shape index (κ2) is 11.6. The third kappa shape index (κ3) is 5.65. The van der Waals surface area contributed by atoms with Crippen molar-refractivity contribution in [3.05, 3.63) is 53.3 Å². The third-order valence-electron chi connectivity index (χ3n) is 8.20. The number of aromatic amines is 1. The van der Waals surface area contributed by atoms with Crippen molar-refractivity contribution in [2.75, 3.05) is 42.9 Å². The summed E-state index contributed by atoms with van der Waals surface area (Å²) in [6.45, 7) is 6.97. The maximum absolute atomic E-state index is 5.12. The van der Waals surface area contributed by atoms with Crippen molar-refractivity contribution in [2.24, 2.45) is 0 Å². The zero-order valence-corrected chi connectivity index (χ0v) is 21.9. The van der Waals surface area contributed by atoms with Crippen molar-refractivity contribution in [1.29, 1.82) is 0 Å². The molecule has 0 bridgehead atoms. The van der Waals surface area contributed by atoms with Crippen LogP contribution in [0.1, 0.15) is 61.8 Å². The number of H-pyrrole nitrogens is 1. The summed E-state index contributed by atoms with van der Waals surface area (Å²) in [7, 11) is 0. The first-order valence-corrected chi connectivity index (χ1v) is 14.3. The van der Waals surface area contributed by atoms with Gasteiger partial charge < -0.3 is 15.5 Å². The highest BCUT2D eigenvalue weighted by Gasteiger charge is 2.26. The number of piperidine rings is 1. The number of aromatic nitrogens is 4. The van der Waals surface area contributed by atoms with E-state index in [0.717, 1.165) is 69.7 Å². The number of nitrogens with one attached hydrogen (secondary N) is 3. The van der Waals surface area contributed by atoms with Crippen LogP contribution in [0.5, 0.6) is 0 Å². The standard InChI is InChI=1S/C29H40N8/c1-2-8-16-36(15-7-1)28-25-20-30-14-13-26(25)33-29(34-28)31-19-24-12-6-9-17-37(24)21-23-18-32-35-27(23)22-10-4-3-5-11-22/h3-5,10-11,18,24,30H,1-2,6-9,12-17,19-21H2,(H,32,35)(H,31,33,34). The van der Waals surface area contributed by atoms with Crippen LogP contribution in [0.25, 0.3) is 11.3 Å². The summed E-state index contributed by atoms with van der Waals surface area (Å²) in [4.78, 5) is 15.3. The Labute approximate surface area is 220 Å². The van der Waals surface area contributed by atoms with Crippen LogP contribution in [0.2, 0.25) is 0 Å². The van der Waals surface area contributed by atoms with Gasteiger partial charge in [-0.25, -0.2) is 4.98 Å². The van der Waals surface area contributed by atoms with Crippen LogP contribution in [-0.2, 0) is 19.5 Å². The number of rotatable bonds is 7. The molecule has 8 heteroatoms. The maximum atomic E-state index is 5.12. The van der Waals surface area contributed by atoms with E-state index >= 15 is 0 Å². The average molecular weight is 501 g/mol.